The highest BCUT2D eigenvalue weighted by Gasteiger charge is 2.30. The first-order valence-electron chi connectivity index (χ1n) is 7.59. The number of aliphatic hydroxyl groups is 1. The predicted molar refractivity (Wildman–Crippen MR) is 72.0 cm³/mol. The summed E-state index contributed by atoms with van der Waals surface area (Å²) < 4.78 is 0. The smallest absolute Gasteiger partial charge is 0.0580 e. The van der Waals surface area contributed by atoms with E-state index in [1.165, 1.54) is 45.2 Å². The molecule has 2 aliphatic rings. The van der Waals surface area contributed by atoms with Gasteiger partial charge in [-0.1, -0.05) is 20.3 Å². The van der Waals surface area contributed by atoms with Crippen molar-refractivity contribution in [1.82, 2.24) is 4.90 Å². The standard InChI is InChI=1S/C15H29NO/c1-3-13-6-7-15(17)14(9-13)11-16-8-4-5-12(2)10-16/h12-15,17H,3-11H2,1-2H3. The maximum absolute atomic E-state index is 10.2. The molecule has 100 valence electrons. The van der Waals surface area contributed by atoms with Crippen molar-refractivity contribution in [3.8, 4) is 0 Å². The van der Waals surface area contributed by atoms with E-state index in [-0.39, 0.29) is 6.10 Å². The number of aliphatic hydroxyl groups excluding tert-OH is 1. The van der Waals surface area contributed by atoms with E-state index in [9.17, 15) is 5.11 Å². The minimum Gasteiger partial charge on any atom is -0.393 e. The van der Waals surface area contributed by atoms with Crippen molar-refractivity contribution in [2.75, 3.05) is 19.6 Å². The van der Waals surface area contributed by atoms with Gasteiger partial charge in [-0.25, -0.2) is 0 Å². The van der Waals surface area contributed by atoms with Gasteiger partial charge in [0.1, 0.15) is 0 Å². The van der Waals surface area contributed by atoms with Crippen LogP contribution in [0.1, 0.15) is 52.4 Å². The Balaban J connectivity index is 1.83. The molecule has 0 aromatic carbocycles. The lowest BCUT2D eigenvalue weighted by atomic mass is 9.78. The van der Waals surface area contributed by atoms with Gasteiger partial charge in [-0.2, -0.15) is 0 Å². The van der Waals surface area contributed by atoms with Gasteiger partial charge in [0.25, 0.3) is 0 Å². The first-order chi connectivity index (χ1) is 8.19. The van der Waals surface area contributed by atoms with Gasteiger partial charge in [-0.05, 0) is 56.4 Å². The van der Waals surface area contributed by atoms with Gasteiger partial charge < -0.3 is 10.0 Å². The van der Waals surface area contributed by atoms with E-state index in [0.29, 0.717) is 5.92 Å². The zero-order valence-corrected chi connectivity index (χ0v) is 11.6. The van der Waals surface area contributed by atoms with E-state index < -0.39 is 0 Å². The van der Waals surface area contributed by atoms with Crippen LogP contribution in [0.15, 0.2) is 0 Å². The van der Waals surface area contributed by atoms with Crippen LogP contribution in [0.5, 0.6) is 0 Å². The summed E-state index contributed by atoms with van der Waals surface area (Å²) in [7, 11) is 0. The van der Waals surface area contributed by atoms with E-state index in [0.717, 1.165) is 24.8 Å². The molecule has 1 saturated carbocycles. The highest BCUT2D eigenvalue weighted by Crippen LogP contribution is 2.32. The molecule has 0 amide bonds. The zero-order valence-electron chi connectivity index (χ0n) is 11.6. The number of rotatable bonds is 3. The number of hydrogen-bond donors (Lipinski definition) is 1. The minimum absolute atomic E-state index is 0.0324. The minimum atomic E-state index is -0.0324. The summed E-state index contributed by atoms with van der Waals surface area (Å²) in [6, 6.07) is 0. The molecule has 2 rings (SSSR count). The first kappa shape index (κ1) is 13.4. The molecule has 4 atom stereocenters. The third kappa shape index (κ3) is 3.69. The highest BCUT2D eigenvalue weighted by atomic mass is 16.3. The fraction of sp³-hybridized carbons (Fsp3) is 1.00. The van der Waals surface area contributed by atoms with Crippen LogP contribution in [0, 0.1) is 17.8 Å². The molecule has 0 aromatic heterocycles. The van der Waals surface area contributed by atoms with Gasteiger partial charge in [0.05, 0.1) is 6.10 Å². The second kappa shape index (κ2) is 6.19. The lowest BCUT2D eigenvalue weighted by Crippen LogP contribution is -2.42. The Morgan fingerprint density at radius 3 is 2.76 bits per heavy atom. The summed E-state index contributed by atoms with van der Waals surface area (Å²) >= 11 is 0. The summed E-state index contributed by atoms with van der Waals surface area (Å²) in [4.78, 5) is 2.60. The Labute approximate surface area is 106 Å². The molecule has 2 heteroatoms. The molecular weight excluding hydrogens is 210 g/mol. The molecule has 1 aliphatic carbocycles. The molecule has 2 nitrogen and oxygen atoms in total. The van der Waals surface area contributed by atoms with Crippen LogP contribution in [0.2, 0.25) is 0 Å². The van der Waals surface area contributed by atoms with Crippen LogP contribution in [-0.2, 0) is 0 Å². The molecule has 0 radical (unpaired) electrons. The second-order valence-electron chi connectivity index (χ2n) is 6.42. The van der Waals surface area contributed by atoms with Gasteiger partial charge in [0.2, 0.25) is 0 Å². The molecule has 1 heterocycles. The Bertz CT molecular complexity index is 231. The summed E-state index contributed by atoms with van der Waals surface area (Å²) in [5.41, 5.74) is 0. The largest absolute Gasteiger partial charge is 0.393 e. The monoisotopic (exact) mass is 239 g/mol. The topological polar surface area (TPSA) is 23.5 Å². The molecular formula is C15H29NO. The zero-order chi connectivity index (χ0) is 12.3. The van der Waals surface area contributed by atoms with Crippen molar-refractivity contribution in [3.63, 3.8) is 0 Å². The van der Waals surface area contributed by atoms with Gasteiger partial charge in [-0.15, -0.1) is 0 Å². The van der Waals surface area contributed by atoms with Crippen molar-refractivity contribution >= 4 is 0 Å². The second-order valence-corrected chi connectivity index (χ2v) is 6.42. The van der Waals surface area contributed by atoms with Crippen molar-refractivity contribution in [1.29, 1.82) is 0 Å². The molecule has 0 aromatic rings. The fourth-order valence-corrected chi connectivity index (χ4v) is 3.70. The first-order valence-corrected chi connectivity index (χ1v) is 7.59. The summed E-state index contributed by atoms with van der Waals surface area (Å²) in [5.74, 6) is 2.26. The number of nitrogens with zero attached hydrogens (tertiary/aromatic N) is 1. The normalized spacial score (nSPS) is 40.4. The third-order valence-corrected chi connectivity index (χ3v) is 4.86. The van der Waals surface area contributed by atoms with E-state index >= 15 is 0 Å². The van der Waals surface area contributed by atoms with E-state index in [1.54, 1.807) is 0 Å². The van der Waals surface area contributed by atoms with Crippen LogP contribution in [0.4, 0.5) is 0 Å². The summed E-state index contributed by atoms with van der Waals surface area (Å²) in [5, 5.41) is 10.2. The molecule has 1 saturated heterocycles. The lowest BCUT2D eigenvalue weighted by molar-refractivity contribution is 0.0194. The van der Waals surface area contributed by atoms with Gasteiger partial charge in [-0.3, -0.25) is 0 Å². The fourth-order valence-electron chi connectivity index (χ4n) is 3.70. The maximum atomic E-state index is 10.2. The molecule has 1 N–H and O–H groups in total. The van der Waals surface area contributed by atoms with E-state index in [1.807, 2.05) is 0 Å². The molecule has 0 bridgehead atoms. The average Bonchev–Trinajstić information content (AvgIpc) is 2.32. The Morgan fingerprint density at radius 1 is 1.24 bits per heavy atom. The lowest BCUT2D eigenvalue weighted by Gasteiger charge is -2.38. The number of hydrogen-bond acceptors (Lipinski definition) is 2. The predicted octanol–water partition coefficient (Wildman–Crippen LogP) is 2.91. The number of likely N-dealkylation sites (tertiary alicyclic amines) is 1. The van der Waals surface area contributed by atoms with Crippen LogP contribution < -0.4 is 0 Å². The van der Waals surface area contributed by atoms with Gasteiger partial charge >= 0.3 is 0 Å². The molecule has 4 unspecified atom stereocenters. The number of piperidine rings is 1. The van der Waals surface area contributed by atoms with Crippen molar-refractivity contribution in [2.24, 2.45) is 17.8 Å². The van der Waals surface area contributed by atoms with E-state index in [2.05, 4.69) is 18.7 Å². The summed E-state index contributed by atoms with van der Waals surface area (Å²) in [6.45, 7) is 8.30. The summed E-state index contributed by atoms with van der Waals surface area (Å²) in [6.07, 6.45) is 7.52. The molecule has 17 heavy (non-hydrogen) atoms. The highest BCUT2D eigenvalue weighted by molar-refractivity contribution is 4.83. The SMILES string of the molecule is CCC1CCC(O)C(CN2CCCC(C)C2)C1. The molecule has 2 fully saturated rings. The Morgan fingerprint density at radius 2 is 2.06 bits per heavy atom. The van der Waals surface area contributed by atoms with Gasteiger partial charge in [0, 0.05) is 13.1 Å². The quantitative estimate of drug-likeness (QED) is 0.818. The molecule has 1 aliphatic heterocycles. The Kier molecular flexibility index (Phi) is 4.87. The van der Waals surface area contributed by atoms with Crippen LogP contribution in [-0.4, -0.2) is 35.7 Å². The van der Waals surface area contributed by atoms with Gasteiger partial charge in [0.15, 0.2) is 0 Å². The van der Waals surface area contributed by atoms with Crippen molar-refractivity contribution < 1.29 is 5.11 Å². The average molecular weight is 239 g/mol. The van der Waals surface area contributed by atoms with Crippen LogP contribution in [0.25, 0.3) is 0 Å². The van der Waals surface area contributed by atoms with Crippen LogP contribution in [0.3, 0.4) is 0 Å². The maximum Gasteiger partial charge on any atom is 0.0580 e. The molecule has 0 spiro atoms. The van der Waals surface area contributed by atoms with Crippen molar-refractivity contribution in [3.05, 3.63) is 0 Å². The van der Waals surface area contributed by atoms with Crippen molar-refractivity contribution in [2.45, 2.75) is 58.5 Å². The van der Waals surface area contributed by atoms with Crippen LogP contribution >= 0.6 is 0 Å². The van der Waals surface area contributed by atoms with E-state index in [4.69, 9.17) is 0 Å². The Hall–Kier alpha value is -0.0800. The third-order valence-electron chi connectivity index (χ3n) is 4.86.